The third-order valence-corrected chi connectivity index (χ3v) is 3.96. The molecule has 1 heterocycles. The zero-order valence-corrected chi connectivity index (χ0v) is 16.0. The van der Waals surface area contributed by atoms with Gasteiger partial charge in [-0.3, -0.25) is 14.5 Å². The van der Waals surface area contributed by atoms with Crippen molar-refractivity contribution in [2.45, 2.75) is 32.4 Å². The molecule has 1 aliphatic heterocycles. The molecular formula is C18H24F3N3O4. The fraction of sp³-hybridized carbons (Fsp3) is 0.556. The van der Waals surface area contributed by atoms with Gasteiger partial charge >= 0.3 is 6.36 Å². The summed E-state index contributed by atoms with van der Waals surface area (Å²) in [7, 11) is 1.64. The maximum Gasteiger partial charge on any atom is 0.573 e. The molecule has 0 spiro atoms. The molecule has 0 saturated carbocycles. The van der Waals surface area contributed by atoms with Gasteiger partial charge in [-0.2, -0.15) is 0 Å². The number of hydrogen-bond acceptors (Lipinski definition) is 5. The minimum atomic E-state index is -4.77. The van der Waals surface area contributed by atoms with Crippen LogP contribution in [0.25, 0.3) is 0 Å². The number of nitrogens with one attached hydrogen (secondary N) is 1. The lowest BCUT2D eigenvalue weighted by molar-refractivity contribution is -0.274. The highest BCUT2D eigenvalue weighted by atomic mass is 19.4. The molecule has 1 aromatic carbocycles. The summed E-state index contributed by atoms with van der Waals surface area (Å²) in [6, 6.07) is 4.83. The first kappa shape index (κ1) is 22.0. The zero-order valence-electron chi connectivity index (χ0n) is 16.0. The number of nitrogens with zero attached hydrogens (tertiary/aromatic N) is 2. The largest absolute Gasteiger partial charge is 0.573 e. The first-order valence-electron chi connectivity index (χ1n) is 8.79. The summed E-state index contributed by atoms with van der Waals surface area (Å²) in [5.74, 6) is -0.850. The van der Waals surface area contributed by atoms with Gasteiger partial charge in [-0.25, -0.2) is 0 Å². The quantitative estimate of drug-likeness (QED) is 0.788. The third-order valence-electron chi connectivity index (χ3n) is 3.96. The van der Waals surface area contributed by atoms with E-state index in [1.807, 2.05) is 13.8 Å². The number of hydrogen-bond donors (Lipinski definition) is 1. The Labute approximate surface area is 161 Å². The molecule has 1 fully saturated rings. The molecule has 0 bridgehead atoms. The van der Waals surface area contributed by atoms with Gasteiger partial charge in [0.25, 0.3) is 0 Å². The molecule has 10 heteroatoms. The van der Waals surface area contributed by atoms with Crippen LogP contribution in [-0.4, -0.2) is 73.4 Å². The molecule has 0 aromatic heterocycles. The van der Waals surface area contributed by atoms with E-state index in [-0.39, 0.29) is 42.9 Å². The van der Waals surface area contributed by atoms with Crippen LogP contribution in [0.1, 0.15) is 13.8 Å². The second kappa shape index (κ2) is 9.24. The summed E-state index contributed by atoms with van der Waals surface area (Å²) >= 11 is 0. The summed E-state index contributed by atoms with van der Waals surface area (Å²) in [5, 5.41) is 2.57. The van der Waals surface area contributed by atoms with E-state index < -0.39 is 6.36 Å². The van der Waals surface area contributed by atoms with E-state index in [9.17, 15) is 22.8 Å². The molecular weight excluding hydrogens is 379 g/mol. The summed E-state index contributed by atoms with van der Waals surface area (Å²) in [6.45, 7) is 4.86. The maximum atomic E-state index is 12.4. The molecule has 28 heavy (non-hydrogen) atoms. The van der Waals surface area contributed by atoms with Crippen LogP contribution in [0.2, 0.25) is 0 Å². The number of likely N-dealkylation sites (N-methyl/N-ethyl adjacent to an activating group) is 1. The van der Waals surface area contributed by atoms with Gasteiger partial charge in [0.2, 0.25) is 11.8 Å². The van der Waals surface area contributed by atoms with Gasteiger partial charge in [0.15, 0.2) is 0 Å². The van der Waals surface area contributed by atoms with Crippen LogP contribution in [0.15, 0.2) is 24.3 Å². The Morgan fingerprint density at radius 1 is 1.18 bits per heavy atom. The molecule has 0 aliphatic carbocycles. The highest BCUT2D eigenvalue weighted by Gasteiger charge is 2.31. The van der Waals surface area contributed by atoms with Gasteiger partial charge in [0, 0.05) is 18.8 Å². The predicted octanol–water partition coefficient (Wildman–Crippen LogP) is 2.09. The van der Waals surface area contributed by atoms with Crippen molar-refractivity contribution in [3.05, 3.63) is 24.3 Å². The Bertz CT molecular complexity index is 672. The molecule has 1 aromatic rings. The molecule has 2 atom stereocenters. The number of benzene rings is 1. The third kappa shape index (κ3) is 7.35. The van der Waals surface area contributed by atoms with E-state index in [0.29, 0.717) is 18.8 Å². The van der Waals surface area contributed by atoms with Gasteiger partial charge in [0.05, 0.1) is 25.3 Å². The summed E-state index contributed by atoms with van der Waals surface area (Å²) in [5.41, 5.74) is 0.329. The molecule has 2 amide bonds. The fourth-order valence-electron chi connectivity index (χ4n) is 2.95. The summed E-state index contributed by atoms with van der Waals surface area (Å²) in [4.78, 5) is 27.8. The first-order chi connectivity index (χ1) is 13.0. The van der Waals surface area contributed by atoms with Crippen molar-refractivity contribution < 1.29 is 32.2 Å². The van der Waals surface area contributed by atoms with Crippen LogP contribution in [0.4, 0.5) is 18.9 Å². The Hall–Kier alpha value is -2.33. The average Bonchev–Trinajstić information content (AvgIpc) is 2.54. The number of morpholine rings is 1. The van der Waals surface area contributed by atoms with E-state index in [4.69, 9.17) is 4.74 Å². The molecule has 7 nitrogen and oxygen atoms in total. The molecule has 1 saturated heterocycles. The minimum absolute atomic E-state index is 0.0365. The van der Waals surface area contributed by atoms with E-state index in [1.54, 1.807) is 16.8 Å². The van der Waals surface area contributed by atoms with Gasteiger partial charge in [0.1, 0.15) is 5.75 Å². The van der Waals surface area contributed by atoms with E-state index in [0.717, 1.165) is 12.1 Å². The normalized spacial score (nSPS) is 20.2. The monoisotopic (exact) mass is 403 g/mol. The lowest BCUT2D eigenvalue weighted by Gasteiger charge is -2.36. The fourth-order valence-corrected chi connectivity index (χ4v) is 2.95. The number of halogens is 3. The highest BCUT2D eigenvalue weighted by Crippen LogP contribution is 2.23. The highest BCUT2D eigenvalue weighted by molar-refractivity contribution is 5.92. The zero-order chi connectivity index (χ0) is 20.9. The molecule has 156 valence electrons. The summed E-state index contributed by atoms with van der Waals surface area (Å²) in [6.07, 6.45) is -4.84. The minimum Gasteiger partial charge on any atom is -0.406 e. The lowest BCUT2D eigenvalue weighted by atomic mass is 10.2. The van der Waals surface area contributed by atoms with Crippen molar-refractivity contribution in [2.75, 3.05) is 38.5 Å². The van der Waals surface area contributed by atoms with Crippen LogP contribution in [-0.2, 0) is 14.3 Å². The average molecular weight is 403 g/mol. The Balaban J connectivity index is 1.79. The molecule has 0 unspecified atom stereocenters. The summed E-state index contributed by atoms with van der Waals surface area (Å²) < 4.78 is 45.8. The topological polar surface area (TPSA) is 71.1 Å². The smallest absolute Gasteiger partial charge is 0.406 e. The van der Waals surface area contributed by atoms with Crippen LogP contribution in [0.3, 0.4) is 0 Å². The van der Waals surface area contributed by atoms with Crippen molar-refractivity contribution in [1.29, 1.82) is 0 Å². The number of alkyl halides is 3. The number of anilines is 1. The second-order valence-corrected chi connectivity index (χ2v) is 6.85. The van der Waals surface area contributed by atoms with Crippen molar-refractivity contribution in [3.8, 4) is 5.75 Å². The van der Waals surface area contributed by atoms with Gasteiger partial charge in [-0.1, -0.05) is 0 Å². The van der Waals surface area contributed by atoms with Crippen molar-refractivity contribution in [3.63, 3.8) is 0 Å². The van der Waals surface area contributed by atoms with Crippen molar-refractivity contribution >= 4 is 17.5 Å². The van der Waals surface area contributed by atoms with E-state index >= 15 is 0 Å². The van der Waals surface area contributed by atoms with Gasteiger partial charge in [-0.15, -0.1) is 13.2 Å². The number of carbonyl (C=O) groups is 2. The Morgan fingerprint density at radius 2 is 1.75 bits per heavy atom. The molecule has 0 radical (unpaired) electrons. The van der Waals surface area contributed by atoms with Crippen LogP contribution in [0.5, 0.6) is 5.75 Å². The van der Waals surface area contributed by atoms with E-state index in [1.165, 1.54) is 12.1 Å². The molecule has 1 aliphatic rings. The Kier molecular flexibility index (Phi) is 7.25. The molecule has 2 rings (SSSR count). The predicted molar refractivity (Wildman–Crippen MR) is 95.8 cm³/mol. The SMILES string of the molecule is C[C@@H]1CN(C(=O)CN(C)CC(=O)Nc2ccc(OC(F)(F)F)cc2)C[C@@H](C)O1. The number of amides is 2. The standard InChI is InChI=1S/C18H24F3N3O4/c1-12-8-24(9-13(2)27-12)17(26)11-23(3)10-16(25)22-14-4-6-15(7-5-14)28-18(19,20)21/h4-7,12-13H,8-11H2,1-3H3,(H,22,25)/t12-,13-/m1/s1. The lowest BCUT2D eigenvalue weighted by Crippen LogP contribution is -2.51. The number of carbonyl (C=O) groups excluding carboxylic acids is 2. The maximum absolute atomic E-state index is 12.4. The van der Waals surface area contributed by atoms with Gasteiger partial charge < -0.3 is 19.7 Å². The second-order valence-electron chi connectivity index (χ2n) is 6.85. The number of rotatable bonds is 6. The Morgan fingerprint density at radius 3 is 2.29 bits per heavy atom. The van der Waals surface area contributed by atoms with E-state index in [2.05, 4.69) is 10.1 Å². The van der Waals surface area contributed by atoms with Crippen LogP contribution >= 0.6 is 0 Å². The molecule has 1 N–H and O–H groups in total. The van der Waals surface area contributed by atoms with Crippen LogP contribution < -0.4 is 10.1 Å². The van der Waals surface area contributed by atoms with Crippen molar-refractivity contribution in [1.82, 2.24) is 9.80 Å². The number of ether oxygens (including phenoxy) is 2. The van der Waals surface area contributed by atoms with Crippen molar-refractivity contribution in [2.24, 2.45) is 0 Å². The van der Waals surface area contributed by atoms with Gasteiger partial charge in [-0.05, 0) is 45.2 Å². The van der Waals surface area contributed by atoms with Crippen LogP contribution in [0, 0.1) is 0 Å². The first-order valence-corrected chi connectivity index (χ1v) is 8.79.